The molecule has 1 unspecified atom stereocenters. The van der Waals surface area contributed by atoms with Crippen molar-refractivity contribution in [2.45, 2.75) is 12.5 Å². The van der Waals surface area contributed by atoms with Gasteiger partial charge in [0.15, 0.2) is 0 Å². The Labute approximate surface area is 84.0 Å². The van der Waals surface area contributed by atoms with E-state index in [2.05, 4.69) is 16.4 Å². The Kier molecular flexibility index (Phi) is 2.91. The summed E-state index contributed by atoms with van der Waals surface area (Å²) in [6.07, 6.45) is 4.87. The standard InChI is InChI=1S/C11H15N3/c12-10-5-9(7-13-8-10)6-11-3-1-2-4-14-11/h1-5,10,13H,6-8,12H2. The Bertz CT molecular complexity index is 319. The Morgan fingerprint density at radius 2 is 2.43 bits per heavy atom. The van der Waals surface area contributed by atoms with Crippen molar-refractivity contribution in [3.63, 3.8) is 0 Å². The van der Waals surface area contributed by atoms with Crippen LogP contribution in [-0.4, -0.2) is 24.1 Å². The lowest BCUT2D eigenvalue weighted by Crippen LogP contribution is -2.38. The summed E-state index contributed by atoms with van der Waals surface area (Å²) in [6.45, 7) is 1.82. The molecule has 0 spiro atoms. The predicted octanol–water partition coefficient (Wildman–Crippen LogP) is 0.481. The van der Waals surface area contributed by atoms with Crippen molar-refractivity contribution in [1.29, 1.82) is 0 Å². The van der Waals surface area contributed by atoms with Crippen LogP contribution in [0, 0.1) is 0 Å². The van der Waals surface area contributed by atoms with E-state index in [0.29, 0.717) is 0 Å². The molecular weight excluding hydrogens is 174 g/mol. The van der Waals surface area contributed by atoms with Crippen LogP contribution < -0.4 is 11.1 Å². The van der Waals surface area contributed by atoms with Crippen LogP contribution in [0.3, 0.4) is 0 Å². The maximum absolute atomic E-state index is 5.82. The molecule has 3 heteroatoms. The number of pyridine rings is 1. The van der Waals surface area contributed by atoms with Gasteiger partial charge in [-0.3, -0.25) is 4.98 Å². The predicted molar refractivity (Wildman–Crippen MR) is 56.9 cm³/mol. The summed E-state index contributed by atoms with van der Waals surface area (Å²) >= 11 is 0. The molecule has 14 heavy (non-hydrogen) atoms. The highest BCUT2D eigenvalue weighted by atomic mass is 14.9. The lowest BCUT2D eigenvalue weighted by atomic mass is 10.0. The van der Waals surface area contributed by atoms with Crippen molar-refractivity contribution in [3.05, 3.63) is 41.7 Å². The van der Waals surface area contributed by atoms with Crippen LogP contribution >= 0.6 is 0 Å². The van der Waals surface area contributed by atoms with Crippen molar-refractivity contribution >= 4 is 0 Å². The Hall–Kier alpha value is -1.19. The Morgan fingerprint density at radius 3 is 3.14 bits per heavy atom. The zero-order valence-corrected chi connectivity index (χ0v) is 8.11. The second-order valence-electron chi connectivity index (χ2n) is 3.62. The van der Waals surface area contributed by atoms with E-state index in [1.807, 2.05) is 24.4 Å². The van der Waals surface area contributed by atoms with Crippen molar-refractivity contribution in [3.8, 4) is 0 Å². The van der Waals surface area contributed by atoms with Crippen LogP contribution in [0.15, 0.2) is 36.0 Å². The molecule has 0 radical (unpaired) electrons. The highest BCUT2D eigenvalue weighted by Crippen LogP contribution is 2.07. The fraction of sp³-hybridized carbons (Fsp3) is 0.364. The lowest BCUT2D eigenvalue weighted by molar-refractivity contribution is 0.626. The van der Waals surface area contributed by atoms with Gasteiger partial charge in [-0.2, -0.15) is 0 Å². The van der Waals surface area contributed by atoms with E-state index in [0.717, 1.165) is 25.2 Å². The van der Waals surface area contributed by atoms with Gasteiger partial charge in [-0.25, -0.2) is 0 Å². The minimum atomic E-state index is 0.155. The SMILES string of the molecule is NC1C=C(Cc2ccccn2)CNC1. The maximum Gasteiger partial charge on any atom is 0.0444 e. The first-order valence-electron chi connectivity index (χ1n) is 4.90. The van der Waals surface area contributed by atoms with Crippen LogP contribution in [0.2, 0.25) is 0 Å². The summed E-state index contributed by atoms with van der Waals surface area (Å²) in [7, 11) is 0. The molecule has 1 aliphatic rings. The van der Waals surface area contributed by atoms with E-state index in [9.17, 15) is 0 Å². The molecule has 2 rings (SSSR count). The van der Waals surface area contributed by atoms with Gasteiger partial charge >= 0.3 is 0 Å². The molecule has 0 saturated carbocycles. The first kappa shape index (κ1) is 9.37. The minimum Gasteiger partial charge on any atom is -0.323 e. The molecular formula is C11H15N3. The van der Waals surface area contributed by atoms with Crippen molar-refractivity contribution in [1.82, 2.24) is 10.3 Å². The highest BCUT2D eigenvalue weighted by molar-refractivity contribution is 5.19. The summed E-state index contributed by atoms with van der Waals surface area (Å²) in [5, 5.41) is 3.28. The summed E-state index contributed by atoms with van der Waals surface area (Å²) < 4.78 is 0. The monoisotopic (exact) mass is 189 g/mol. The third-order valence-electron chi connectivity index (χ3n) is 2.32. The van der Waals surface area contributed by atoms with Gasteiger partial charge in [0.25, 0.3) is 0 Å². The molecule has 74 valence electrons. The van der Waals surface area contributed by atoms with Crippen LogP contribution in [0.4, 0.5) is 0 Å². The molecule has 0 fully saturated rings. The molecule has 1 atom stereocenters. The van der Waals surface area contributed by atoms with Crippen LogP contribution in [0.25, 0.3) is 0 Å². The molecule has 0 bridgehead atoms. The van der Waals surface area contributed by atoms with Crippen molar-refractivity contribution in [2.75, 3.05) is 13.1 Å². The molecule has 1 aromatic heterocycles. The van der Waals surface area contributed by atoms with E-state index in [1.54, 1.807) is 0 Å². The molecule has 0 aromatic carbocycles. The summed E-state index contributed by atoms with van der Waals surface area (Å²) in [5.41, 5.74) is 8.26. The Morgan fingerprint density at radius 1 is 1.50 bits per heavy atom. The summed E-state index contributed by atoms with van der Waals surface area (Å²) in [4.78, 5) is 4.29. The molecule has 0 amide bonds. The van der Waals surface area contributed by atoms with Crippen molar-refractivity contribution < 1.29 is 0 Å². The smallest absolute Gasteiger partial charge is 0.0444 e. The van der Waals surface area contributed by atoms with Gasteiger partial charge in [0.2, 0.25) is 0 Å². The fourth-order valence-corrected chi connectivity index (χ4v) is 1.68. The number of nitrogens with zero attached hydrogens (tertiary/aromatic N) is 1. The number of nitrogens with two attached hydrogens (primary N) is 1. The third-order valence-corrected chi connectivity index (χ3v) is 2.32. The lowest BCUT2D eigenvalue weighted by Gasteiger charge is -2.18. The molecule has 0 saturated heterocycles. The van der Waals surface area contributed by atoms with Crippen LogP contribution in [0.1, 0.15) is 5.69 Å². The molecule has 0 aliphatic carbocycles. The van der Waals surface area contributed by atoms with Gasteiger partial charge < -0.3 is 11.1 Å². The first-order valence-corrected chi connectivity index (χ1v) is 4.90. The van der Waals surface area contributed by atoms with E-state index in [4.69, 9.17) is 5.73 Å². The van der Waals surface area contributed by atoms with Gasteiger partial charge in [-0.05, 0) is 12.1 Å². The molecule has 3 N–H and O–H groups in total. The summed E-state index contributed by atoms with van der Waals surface area (Å²) in [5.74, 6) is 0. The summed E-state index contributed by atoms with van der Waals surface area (Å²) in [6, 6.07) is 6.14. The molecule has 2 heterocycles. The molecule has 3 nitrogen and oxygen atoms in total. The number of aromatic nitrogens is 1. The zero-order chi connectivity index (χ0) is 9.80. The largest absolute Gasteiger partial charge is 0.323 e. The number of hydrogen-bond donors (Lipinski definition) is 2. The van der Waals surface area contributed by atoms with Gasteiger partial charge in [0.05, 0.1) is 0 Å². The van der Waals surface area contributed by atoms with Gasteiger partial charge in [0.1, 0.15) is 0 Å². The van der Waals surface area contributed by atoms with Crippen LogP contribution in [0.5, 0.6) is 0 Å². The van der Waals surface area contributed by atoms with Gasteiger partial charge in [-0.15, -0.1) is 0 Å². The van der Waals surface area contributed by atoms with Crippen LogP contribution in [-0.2, 0) is 6.42 Å². The zero-order valence-electron chi connectivity index (χ0n) is 8.11. The average molecular weight is 189 g/mol. The normalized spacial score (nSPS) is 21.8. The maximum atomic E-state index is 5.82. The third kappa shape index (κ3) is 2.40. The Balaban J connectivity index is 2.04. The van der Waals surface area contributed by atoms with Gasteiger partial charge in [-0.1, -0.05) is 17.7 Å². The van der Waals surface area contributed by atoms with E-state index in [1.165, 1.54) is 5.57 Å². The average Bonchev–Trinajstić information content (AvgIpc) is 2.19. The second kappa shape index (κ2) is 4.35. The number of rotatable bonds is 2. The minimum absolute atomic E-state index is 0.155. The first-order chi connectivity index (χ1) is 6.84. The topological polar surface area (TPSA) is 50.9 Å². The van der Waals surface area contributed by atoms with E-state index < -0.39 is 0 Å². The second-order valence-corrected chi connectivity index (χ2v) is 3.62. The van der Waals surface area contributed by atoms with E-state index in [-0.39, 0.29) is 6.04 Å². The number of nitrogens with one attached hydrogen (secondary N) is 1. The quantitative estimate of drug-likeness (QED) is 0.665. The van der Waals surface area contributed by atoms with Gasteiger partial charge in [0, 0.05) is 37.4 Å². The number of hydrogen-bond acceptors (Lipinski definition) is 3. The molecule has 1 aromatic rings. The van der Waals surface area contributed by atoms with E-state index >= 15 is 0 Å². The van der Waals surface area contributed by atoms with Crippen molar-refractivity contribution in [2.24, 2.45) is 5.73 Å². The fourth-order valence-electron chi connectivity index (χ4n) is 1.68. The highest BCUT2D eigenvalue weighted by Gasteiger charge is 2.09. The molecule has 1 aliphatic heterocycles.